The maximum atomic E-state index is 12.3. The predicted octanol–water partition coefficient (Wildman–Crippen LogP) is 1.28. The van der Waals surface area contributed by atoms with Crippen LogP contribution in [0.2, 0.25) is 0 Å². The van der Waals surface area contributed by atoms with Gasteiger partial charge in [0.2, 0.25) is 5.91 Å². The van der Waals surface area contributed by atoms with Crippen LogP contribution in [0.15, 0.2) is 11.6 Å². The van der Waals surface area contributed by atoms with Gasteiger partial charge in [0.1, 0.15) is 6.10 Å². The van der Waals surface area contributed by atoms with Crippen molar-refractivity contribution in [3.05, 3.63) is 11.6 Å². The molecule has 0 spiro atoms. The molecule has 0 unspecified atom stereocenters. The Labute approximate surface area is 108 Å². The van der Waals surface area contributed by atoms with Crippen molar-refractivity contribution >= 4 is 28.3 Å². The lowest BCUT2D eigenvalue weighted by atomic mass is 9.79. The van der Waals surface area contributed by atoms with Crippen LogP contribution in [0.4, 0.5) is 5.13 Å². The Balaban J connectivity index is 1.58. The molecule has 4 rings (SSSR count). The first-order valence-electron chi connectivity index (χ1n) is 6.15. The molecule has 2 bridgehead atoms. The summed E-state index contributed by atoms with van der Waals surface area (Å²) in [6.45, 7) is 0. The summed E-state index contributed by atoms with van der Waals surface area (Å²) in [4.78, 5) is 28.1. The molecule has 1 saturated heterocycles. The molecule has 3 aliphatic rings. The molecule has 0 aromatic carbocycles. The second-order valence-electron chi connectivity index (χ2n) is 5.25. The third-order valence-electron chi connectivity index (χ3n) is 4.45. The normalized spacial score (nSPS) is 40.0. The quantitative estimate of drug-likeness (QED) is 0.817. The predicted molar refractivity (Wildman–Crippen MR) is 63.8 cm³/mol. The highest BCUT2D eigenvalue weighted by molar-refractivity contribution is 7.13. The van der Waals surface area contributed by atoms with Crippen LogP contribution in [0, 0.1) is 23.7 Å². The van der Waals surface area contributed by atoms with E-state index in [1.165, 1.54) is 11.3 Å². The lowest BCUT2D eigenvalue weighted by Crippen LogP contribution is -2.35. The summed E-state index contributed by atoms with van der Waals surface area (Å²) in [5.74, 6) is -0.103. The average Bonchev–Trinajstić information content (AvgIpc) is 3.02. The fourth-order valence-electron chi connectivity index (χ4n) is 3.84. The van der Waals surface area contributed by atoms with E-state index in [0.717, 1.165) is 12.8 Å². The van der Waals surface area contributed by atoms with Crippen LogP contribution in [0.1, 0.15) is 12.8 Å². The standard InChI is InChI=1S/C12H12N2O3S/c15-10(14-12-13-1-2-18-12)8-5-3-6-7(4-5)17-11(16)9(6)8/h1-2,5-9H,3-4H2,(H,13,14,15)/t5-,6-,7-,8+,9+/m1/s1. The van der Waals surface area contributed by atoms with Gasteiger partial charge < -0.3 is 10.1 Å². The van der Waals surface area contributed by atoms with Crippen LogP contribution in [-0.4, -0.2) is 23.0 Å². The first-order valence-corrected chi connectivity index (χ1v) is 7.03. The molecule has 2 aliphatic carbocycles. The van der Waals surface area contributed by atoms with E-state index in [2.05, 4.69) is 10.3 Å². The van der Waals surface area contributed by atoms with E-state index >= 15 is 0 Å². The number of fused-ring (bicyclic) bond motifs is 1. The Morgan fingerprint density at radius 1 is 1.50 bits per heavy atom. The third-order valence-corrected chi connectivity index (χ3v) is 5.14. The Morgan fingerprint density at radius 2 is 2.39 bits per heavy atom. The molecular formula is C12H12N2O3S. The Morgan fingerprint density at radius 3 is 3.17 bits per heavy atom. The maximum Gasteiger partial charge on any atom is 0.310 e. The second-order valence-corrected chi connectivity index (χ2v) is 6.14. The summed E-state index contributed by atoms with van der Waals surface area (Å²) in [7, 11) is 0. The van der Waals surface area contributed by atoms with Crippen molar-refractivity contribution in [2.24, 2.45) is 23.7 Å². The topological polar surface area (TPSA) is 68.3 Å². The fourth-order valence-corrected chi connectivity index (χ4v) is 4.37. The van der Waals surface area contributed by atoms with Gasteiger partial charge in [0.15, 0.2) is 5.13 Å². The molecule has 0 radical (unpaired) electrons. The number of carbonyl (C=O) groups excluding carboxylic acids is 2. The number of anilines is 1. The molecule has 5 atom stereocenters. The second kappa shape index (κ2) is 3.54. The number of esters is 1. The third kappa shape index (κ3) is 1.29. The van der Waals surface area contributed by atoms with E-state index in [-0.39, 0.29) is 35.7 Å². The lowest BCUT2D eigenvalue weighted by molar-refractivity contribution is -0.145. The number of thiazole rings is 1. The Hall–Kier alpha value is -1.43. The fraction of sp³-hybridized carbons (Fsp3) is 0.583. The van der Waals surface area contributed by atoms with Crippen LogP contribution < -0.4 is 5.32 Å². The molecule has 6 heteroatoms. The summed E-state index contributed by atoms with van der Waals surface area (Å²) >= 11 is 1.39. The van der Waals surface area contributed by atoms with E-state index < -0.39 is 0 Å². The highest BCUT2D eigenvalue weighted by Gasteiger charge is 2.63. The number of nitrogens with zero attached hydrogens (tertiary/aromatic N) is 1. The summed E-state index contributed by atoms with van der Waals surface area (Å²) in [6, 6.07) is 0. The molecular weight excluding hydrogens is 252 g/mol. The first-order chi connectivity index (χ1) is 8.74. The minimum absolute atomic E-state index is 0.0697. The van der Waals surface area contributed by atoms with Gasteiger partial charge in [-0.2, -0.15) is 0 Å². The Kier molecular flexibility index (Phi) is 2.06. The maximum absolute atomic E-state index is 12.3. The smallest absolute Gasteiger partial charge is 0.310 e. The zero-order valence-electron chi connectivity index (χ0n) is 9.54. The van der Waals surface area contributed by atoms with Crippen molar-refractivity contribution in [3.8, 4) is 0 Å². The van der Waals surface area contributed by atoms with Crippen LogP contribution in [0.3, 0.4) is 0 Å². The van der Waals surface area contributed by atoms with E-state index in [1.54, 1.807) is 6.20 Å². The average molecular weight is 264 g/mol. The number of nitrogens with one attached hydrogen (secondary N) is 1. The molecule has 1 aromatic rings. The molecule has 94 valence electrons. The van der Waals surface area contributed by atoms with Gasteiger partial charge in [-0.3, -0.25) is 9.59 Å². The Bertz CT molecular complexity index is 513. The highest BCUT2D eigenvalue weighted by atomic mass is 32.1. The van der Waals surface area contributed by atoms with Crippen LogP contribution in [0.5, 0.6) is 0 Å². The van der Waals surface area contributed by atoms with Crippen molar-refractivity contribution in [2.45, 2.75) is 18.9 Å². The zero-order chi connectivity index (χ0) is 12.3. The first kappa shape index (κ1) is 10.5. The zero-order valence-corrected chi connectivity index (χ0v) is 10.4. The summed E-state index contributed by atoms with van der Waals surface area (Å²) < 4.78 is 5.32. The molecule has 18 heavy (non-hydrogen) atoms. The monoisotopic (exact) mass is 264 g/mol. The van der Waals surface area contributed by atoms with Gasteiger partial charge in [-0.1, -0.05) is 0 Å². The molecule has 1 aliphatic heterocycles. The van der Waals surface area contributed by atoms with Crippen molar-refractivity contribution in [1.29, 1.82) is 0 Å². The number of amides is 1. The SMILES string of the molecule is O=C(Nc1nccs1)[C@H]1[C@@H]2C[C@H]3[C@@H]1C(=O)O[C@@H]3C2. The number of hydrogen-bond donors (Lipinski definition) is 1. The van der Waals surface area contributed by atoms with Crippen molar-refractivity contribution < 1.29 is 14.3 Å². The van der Waals surface area contributed by atoms with Gasteiger partial charge in [-0.15, -0.1) is 11.3 Å². The molecule has 2 heterocycles. The molecule has 1 aromatic heterocycles. The summed E-state index contributed by atoms with van der Waals surface area (Å²) in [6.07, 6.45) is 3.54. The van der Waals surface area contributed by atoms with Gasteiger partial charge in [0, 0.05) is 17.5 Å². The highest BCUT2D eigenvalue weighted by Crippen LogP contribution is 2.57. The minimum atomic E-state index is -0.217. The van der Waals surface area contributed by atoms with Crippen LogP contribution in [-0.2, 0) is 14.3 Å². The number of ether oxygens (including phenoxy) is 1. The lowest BCUT2D eigenvalue weighted by Gasteiger charge is -2.22. The molecule has 2 saturated carbocycles. The van der Waals surface area contributed by atoms with E-state index in [9.17, 15) is 9.59 Å². The molecule has 1 amide bonds. The van der Waals surface area contributed by atoms with Crippen molar-refractivity contribution in [2.75, 3.05) is 5.32 Å². The number of carbonyl (C=O) groups is 2. The molecule has 5 nitrogen and oxygen atoms in total. The number of aromatic nitrogens is 1. The molecule has 1 N–H and O–H groups in total. The van der Waals surface area contributed by atoms with Gasteiger partial charge in [0.05, 0.1) is 11.8 Å². The summed E-state index contributed by atoms with van der Waals surface area (Å²) in [5, 5.41) is 5.23. The largest absolute Gasteiger partial charge is 0.462 e. The van der Waals surface area contributed by atoms with E-state index in [1.807, 2.05) is 5.38 Å². The van der Waals surface area contributed by atoms with Crippen molar-refractivity contribution in [3.63, 3.8) is 0 Å². The van der Waals surface area contributed by atoms with Gasteiger partial charge in [0.25, 0.3) is 0 Å². The van der Waals surface area contributed by atoms with E-state index in [0.29, 0.717) is 11.0 Å². The van der Waals surface area contributed by atoms with Crippen LogP contribution >= 0.6 is 11.3 Å². The minimum Gasteiger partial charge on any atom is -0.462 e. The van der Waals surface area contributed by atoms with Gasteiger partial charge in [-0.25, -0.2) is 4.98 Å². The van der Waals surface area contributed by atoms with Gasteiger partial charge in [-0.05, 0) is 18.8 Å². The van der Waals surface area contributed by atoms with Crippen molar-refractivity contribution in [1.82, 2.24) is 4.98 Å². The summed E-state index contributed by atoms with van der Waals surface area (Å²) in [5.41, 5.74) is 0. The number of hydrogen-bond acceptors (Lipinski definition) is 5. The molecule has 3 fully saturated rings. The van der Waals surface area contributed by atoms with Crippen LogP contribution in [0.25, 0.3) is 0 Å². The van der Waals surface area contributed by atoms with Gasteiger partial charge >= 0.3 is 5.97 Å². The number of rotatable bonds is 2. The van der Waals surface area contributed by atoms with E-state index in [4.69, 9.17) is 4.74 Å².